The minimum atomic E-state index is -0.621. The summed E-state index contributed by atoms with van der Waals surface area (Å²) in [5, 5.41) is 5.83. The number of carbonyl (C=O) groups excluding carboxylic acids is 1. The lowest BCUT2D eigenvalue weighted by molar-refractivity contribution is 0.0611. The minimum Gasteiger partial charge on any atom is -0.443 e. The number of nitrogens with one attached hydrogen (secondary N) is 1. The molecule has 1 aliphatic rings. The van der Waals surface area contributed by atoms with Crippen molar-refractivity contribution in [2.24, 2.45) is 0 Å². The first-order valence-corrected chi connectivity index (χ1v) is 14.1. The molecule has 1 N–H and O–H groups in total. The maximum atomic E-state index is 12.8. The van der Waals surface area contributed by atoms with Gasteiger partial charge in [-0.15, -0.1) is 11.3 Å². The summed E-state index contributed by atoms with van der Waals surface area (Å²) in [6, 6.07) is 13.2. The molecule has 0 radical (unpaired) electrons. The predicted molar refractivity (Wildman–Crippen MR) is 149 cm³/mol. The van der Waals surface area contributed by atoms with E-state index in [1.807, 2.05) is 26.8 Å². The molecule has 1 saturated heterocycles. The maximum absolute atomic E-state index is 12.8. The number of anilines is 2. The number of ether oxygens (including phenoxy) is 1. The molecule has 0 saturated carbocycles. The van der Waals surface area contributed by atoms with Gasteiger partial charge in [-0.05, 0) is 52.2 Å². The molecule has 3 aromatic rings. The van der Waals surface area contributed by atoms with Crippen LogP contribution in [-0.4, -0.2) is 45.7 Å². The van der Waals surface area contributed by atoms with Gasteiger partial charge in [0.25, 0.3) is 0 Å². The molecule has 4 rings (SSSR count). The molecular formula is C26H32ClN5O2S2. The van der Waals surface area contributed by atoms with Crippen LogP contribution in [0.5, 0.6) is 0 Å². The molecule has 1 unspecified atom stereocenters. The van der Waals surface area contributed by atoms with Crippen LogP contribution in [0.4, 0.5) is 16.4 Å². The van der Waals surface area contributed by atoms with Crippen LogP contribution >= 0.6 is 34.9 Å². The van der Waals surface area contributed by atoms with Gasteiger partial charge in [-0.2, -0.15) is 4.31 Å². The zero-order chi connectivity index (χ0) is 25.7. The molecule has 0 aliphatic carbocycles. The summed E-state index contributed by atoms with van der Waals surface area (Å²) in [5.74, 6) is 1.17. The molecule has 1 atom stereocenters. The lowest BCUT2D eigenvalue weighted by Gasteiger charge is -2.36. The van der Waals surface area contributed by atoms with Crippen LogP contribution in [0.25, 0.3) is 0 Å². The Balaban J connectivity index is 1.36. The van der Waals surface area contributed by atoms with E-state index >= 15 is 0 Å². The third-order valence-electron chi connectivity index (χ3n) is 5.90. The van der Waals surface area contributed by atoms with Gasteiger partial charge in [0.2, 0.25) is 0 Å². The monoisotopic (exact) mass is 545 g/mol. The zero-order valence-corrected chi connectivity index (χ0v) is 23.4. The normalized spacial score (nSPS) is 15.9. The van der Waals surface area contributed by atoms with E-state index in [1.54, 1.807) is 17.1 Å². The van der Waals surface area contributed by atoms with Crippen molar-refractivity contribution in [1.82, 2.24) is 14.9 Å². The van der Waals surface area contributed by atoms with Gasteiger partial charge in [0, 0.05) is 53.6 Å². The number of amides is 1. The fourth-order valence-corrected chi connectivity index (χ4v) is 5.69. The summed E-state index contributed by atoms with van der Waals surface area (Å²) in [6.45, 7) is 9.79. The van der Waals surface area contributed by atoms with Gasteiger partial charge in [0.15, 0.2) is 5.82 Å². The highest BCUT2D eigenvalue weighted by molar-refractivity contribution is 8.01. The largest absolute Gasteiger partial charge is 0.443 e. The number of likely N-dealkylation sites (tertiary alicyclic amines) is 1. The molecule has 10 heteroatoms. The first-order chi connectivity index (χ1) is 17.2. The Morgan fingerprint density at radius 3 is 2.58 bits per heavy atom. The second-order valence-corrected chi connectivity index (χ2v) is 11.9. The Bertz CT molecular complexity index is 1130. The Morgan fingerprint density at radius 2 is 1.97 bits per heavy atom. The highest BCUT2D eigenvalue weighted by Crippen LogP contribution is 2.34. The number of piperidine rings is 1. The number of thiazole rings is 1. The lowest BCUT2D eigenvalue weighted by atomic mass is 10.00. The van der Waals surface area contributed by atoms with E-state index < -0.39 is 11.7 Å². The van der Waals surface area contributed by atoms with Crippen LogP contribution in [0.1, 0.15) is 52.1 Å². The second-order valence-electron chi connectivity index (χ2n) is 9.76. The van der Waals surface area contributed by atoms with E-state index in [0.29, 0.717) is 28.7 Å². The van der Waals surface area contributed by atoms with Gasteiger partial charge in [-0.25, -0.2) is 14.8 Å². The van der Waals surface area contributed by atoms with Crippen molar-refractivity contribution < 1.29 is 9.53 Å². The Labute approximate surface area is 226 Å². The van der Waals surface area contributed by atoms with Crippen molar-refractivity contribution in [3.05, 3.63) is 64.1 Å². The number of hydrogen-bond acceptors (Lipinski definition) is 8. The summed E-state index contributed by atoms with van der Waals surface area (Å²) in [5.41, 5.74) is 2.40. The van der Waals surface area contributed by atoms with Crippen molar-refractivity contribution in [2.75, 3.05) is 22.7 Å². The van der Waals surface area contributed by atoms with Crippen molar-refractivity contribution in [3.8, 4) is 0 Å². The first kappa shape index (κ1) is 26.7. The van der Waals surface area contributed by atoms with Crippen molar-refractivity contribution in [1.29, 1.82) is 0 Å². The van der Waals surface area contributed by atoms with Crippen LogP contribution in [0.3, 0.4) is 0 Å². The van der Waals surface area contributed by atoms with Crippen molar-refractivity contribution in [3.63, 3.8) is 0 Å². The van der Waals surface area contributed by atoms with E-state index in [4.69, 9.17) is 16.3 Å². The van der Waals surface area contributed by atoms with E-state index in [2.05, 4.69) is 57.4 Å². The van der Waals surface area contributed by atoms with Gasteiger partial charge in [0.1, 0.15) is 11.4 Å². The lowest BCUT2D eigenvalue weighted by Crippen LogP contribution is -2.40. The van der Waals surface area contributed by atoms with Gasteiger partial charge < -0.3 is 10.1 Å². The maximum Gasteiger partial charge on any atom is 0.426 e. The highest BCUT2D eigenvalue weighted by Gasteiger charge is 2.27. The topological polar surface area (TPSA) is 70.6 Å². The molecular weight excluding hydrogens is 514 g/mol. The standard InChI is InChI=1S/C26H32ClN5O2S2/c1-18(19-8-6-5-7-9-19)31-12-10-20(11-13-31)30-24-22(27)14-21(15-28-24)36-32(23-16-35-17-29-23)25(33)34-26(2,3)4/h5-9,14-18,20H,10-13H2,1-4H3,(H,28,30). The molecule has 0 bridgehead atoms. The minimum absolute atomic E-state index is 0.306. The van der Waals surface area contributed by atoms with Crippen LogP contribution in [0.2, 0.25) is 5.02 Å². The number of rotatable bonds is 7. The molecule has 3 heterocycles. The Hall–Kier alpha value is -2.33. The smallest absolute Gasteiger partial charge is 0.426 e. The number of carbonyl (C=O) groups is 1. The van der Waals surface area contributed by atoms with E-state index in [1.165, 1.54) is 33.2 Å². The summed E-state index contributed by atoms with van der Waals surface area (Å²) in [4.78, 5) is 24.9. The summed E-state index contributed by atoms with van der Waals surface area (Å²) < 4.78 is 6.99. The average molecular weight is 546 g/mol. The average Bonchev–Trinajstić information content (AvgIpc) is 3.38. The molecule has 1 aromatic carbocycles. The quantitative estimate of drug-likeness (QED) is 0.313. The number of benzene rings is 1. The highest BCUT2D eigenvalue weighted by atomic mass is 35.5. The molecule has 192 valence electrons. The van der Waals surface area contributed by atoms with E-state index in [0.717, 1.165) is 30.8 Å². The Kier molecular flexibility index (Phi) is 8.77. The number of aromatic nitrogens is 2. The number of hydrogen-bond donors (Lipinski definition) is 1. The fraction of sp³-hybridized carbons (Fsp3) is 0.423. The molecule has 1 aliphatic heterocycles. The second kappa shape index (κ2) is 11.8. The summed E-state index contributed by atoms with van der Waals surface area (Å²) in [6.07, 6.45) is 3.26. The Morgan fingerprint density at radius 1 is 1.25 bits per heavy atom. The van der Waals surface area contributed by atoms with Crippen LogP contribution in [0.15, 0.2) is 58.4 Å². The fourth-order valence-electron chi connectivity index (χ4n) is 4.04. The summed E-state index contributed by atoms with van der Waals surface area (Å²) in [7, 11) is 0. The molecule has 2 aromatic heterocycles. The van der Waals surface area contributed by atoms with Crippen LogP contribution in [-0.2, 0) is 4.74 Å². The van der Waals surface area contributed by atoms with Crippen molar-refractivity contribution >= 4 is 52.6 Å². The van der Waals surface area contributed by atoms with Crippen LogP contribution in [0, 0.1) is 0 Å². The molecule has 1 amide bonds. The third-order valence-corrected chi connectivity index (χ3v) is 7.71. The number of pyridine rings is 1. The molecule has 7 nitrogen and oxygen atoms in total. The first-order valence-electron chi connectivity index (χ1n) is 12.0. The van der Waals surface area contributed by atoms with Gasteiger partial charge in [-0.1, -0.05) is 41.9 Å². The van der Waals surface area contributed by atoms with Gasteiger partial charge >= 0.3 is 6.09 Å². The zero-order valence-electron chi connectivity index (χ0n) is 21.0. The summed E-state index contributed by atoms with van der Waals surface area (Å²) >= 11 is 9.20. The van der Waals surface area contributed by atoms with Gasteiger partial charge in [0.05, 0.1) is 10.5 Å². The third kappa shape index (κ3) is 7.12. The van der Waals surface area contributed by atoms with Crippen LogP contribution < -0.4 is 9.62 Å². The van der Waals surface area contributed by atoms with E-state index in [-0.39, 0.29) is 0 Å². The number of halogens is 1. The molecule has 1 fully saturated rings. The SMILES string of the molecule is CC(c1ccccc1)N1CCC(Nc2ncc(SN(C(=O)OC(C)(C)C)c3cscn3)cc2Cl)CC1. The van der Waals surface area contributed by atoms with Gasteiger partial charge in [-0.3, -0.25) is 4.90 Å². The van der Waals surface area contributed by atoms with E-state index in [9.17, 15) is 4.79 Å². The van der Waals surface area contributed by atoms with Crippen molar-refractivity contribution in [2.45, 2.75) is 63.1 Å². The molecule has 36 heavy (non-hydrogen) atoms. The number of nitrogens with zero attached hydrogens (tertiary/aromatic N) is 4. The predicted octanol–water partition coefficient (Wildman–Crippen LogP) is 7.28. The molecule has 0 spiro atoms.